The largest absolute Gasteiger partial charge is 0.416 e. The molecule has 10 heteroatoms. The molecule has 0 bridgehead atoms. The second-order valence-corrected chi connectivity index (χ2v) is 5.91. The lowest BCUT2D eigenvalue weighted by Gasteiger charge is -2.14. The average molecular weight is 381 g/mol. The number of fused-ring (bicyclic) bond motifs is 1. The van der Waals surface area contributed by atoms with Gasteiger partial charge in [-0.1, -0.05) is 6.07 Å². The van der Waals surface area contributed by atoms with Crippen molar-refractivity contribution in [2.24, 2.45) is 7.05 Å². The number of hydrogen-bond acceptors (Lipinski definition) is 3. The summed E-state index contributed by atoms with van der Waals surface area (Å²) in [5.74, 6) is -0.998. The lowest BCUT2D eigenvalue weighted by Crippen LogP contribution is -2.29. The summed E-state index contributed by atoms with van der Waals surface area (Å²) < 4.78 is 53.6. The second kappa shape index (κ2) is 6.86. The molecule has 6 nitrogen and oxygen atoms in total. The molecule has 0 saturated heterocycles. The fraction of sp³-hybridized carbons (Fsp3) is 0.235. The van der Waals surface area contributed by atoms with Gasteiger partial charge in [-0.3, -0.25) is 4.68 Å². The zero-order chi connectivity index (χ0) is 19.8. The van der Waals surface area contributed by atoms with Crippen molar-refractivity contribution in [1.82, 2.24) is 20.1 Å². The van der Waals surface area contributed by atoms with E-state index in [1.54, 1.807) is 24.7 Å². The van der Waals surface area contributed by atoms with Gasteiger partial charge in [0.05, 0.1) is 23.1 Å². The van der Waals surface area contributed by atoms with Crippen molar-refractivity contribution in [3.05, 3.63) is 53.1 Å². The summed E-state index contributed by atoms with van der Waals surface area (Å²) in [7, 11) is 1.74. The number of pyridine rings is 1. The second-order valence-electron chi connectivity index (χ2n) is 5.91. The van der Waals surface area contributed by atoms with Gasteiger partial charge in [-0.05, 0) is 30.7 Å². The van der Waals surface area contributed by atoms with E-state index in [1.807, 2.05) is 0 Å². The van der Waals surface area contributed by atoms with Crippen molar-refractivity contribution in [3.8, 4) is 0 Å². The third kappa shape index (κ3) is 3.99. The third-order valence-electron chi connectivity index (χ3n) is 3.94. The molecule has 2 heterocycles. The van der Waals surface area contributed by atoms with Crippen LogP contribution in [0.1, 0.15) is 16.8 Å². The van der Waals surface area contributed by atoms with Crippen molar-refractivity contribution in [1.29, 1.82) is 0 Å². The van der Waals surface area contributed by atoms with Crippen LogP contribution in [0.15, 0.2) is 30.5 Å². The number of nitrogens with one attached hydrogen (secondary N) is 2. The minimum Gasteiger partial charge on any atom is -0.334 e. The van der Waals surface area contributed by atoms with Gasteiger partial charge < -0.3 is 10.6 Å². The van der Waals surface area contributed by atoms with Crippen LogP contribution in [0.4, 0.5) is 28.0 Å². The molecule has 2 aromatic heterocycles. The number of halogens is 4. The lowest BCUT2D eigenvalue weighted by atomic mass is 10.1. The highest BCUT2D eigenvalue weighted by molar-refractivity contribution is 5.92. The van der Waals surface area contributed by atoms with Crippen LogP contribution < -0.4 is 10.6 Å². The van der Waals surface area contributed by atoms with Crippen molar-refractivity contribution in [2.45, 2.75) is 19.6 Å². The topological polar surface area (TPSA) is 71.8 Å². The van der Waals surface area contributed by atoms with E-state index in [-0.39, 0.29) is 5.56 Å². The highest BCUT2D eigenvalue weighted by atomic mass is 19.4. The van der Waals surface area contributed by atoms with Crippen LogP contribution in [0.5, 0.6) is 0 Å². The Bertz CT molecular complexity index is 1010. The van der Waals surface area contributed by atoms with Gasteiger partial charge in [-0.25, -0.2) is 14.2 Å². The van der Waals surface area contributed by atoms with Crippen LogP contribution in [-0.4, -0.2) is 20.8 Å². The summed E-state index contributed by atoms with van der Waals surface area (Å²) in [5.41, 5.74) is 0.364. The SMILES string of the molecule is Cc1nn(C)c2ncc(NC(=O)NCc3ccc(F)cc3C(F)(F)F)cc12. The molecular formula is C17H15F4N5O. The molecule has 2 N–H and O–H groups in total. The minimum absolute atomic E-state index is 0.240. The Labute approximate surface area is 151 Å². The van der Waals surface area contributed by atoms with E-state index in [0.717, 1.165) is 23.2 Å². The van der Waals surface area contributed by atoms with E-state index in [4.69, 9.17) is 0 Å². The predicted molar refractivity (Wildman–Crippen MR) is 90.5 cm³/mol. The number of hydrogen-bond donors (Lipinski definition) is 2. The third-order valence-corrected chi connectivity index (χ3v) is 3.94. The molecule has 3 aromatic rings. The fourth-order valence-corrected chi connectivity index (χ4v) is 2.69. The smallest absolute Gasteiger partial charge is 0.334 e. The van der Waals surface area contributed by atoms with Gasteiger partial charge in [0.25, 0.3) is 0 Å². The summed E-state index contributed by atoms with van der Waals surface area (Å²) >= 11 is 0. The summed E-state index contributed by atoms with van der Waals surface area (Å²) in [6, 6.07) is 3.26. The van der Waals surface area contributed by atoms with Crippen LogP contribution in [0.25, 0.3) is 11.0 Å². The van der Waals surface area contributed by atoms with E-state index in [0.29, 0.717) is 17.4 Å². The maximum Gasteiger partial charge on any atom is 0.416 e. The van der Waals surface area contributed by atoms with E-state index in [9.17, 15) is 22.4 Å². The van der Waals surface area contributed by atoms with Gasteiger partial charge in [0.1, 0.15) is 5.82 Å². The molecule has 0 aliphatic heterocycles. The highest BCUT2D eigenvalue weighted by Crippen LogP contribution is 2.32. The molecule has 0 aliphatic rings. The molecule has 2 amide bonds. The molecule has 0 fully saturated rings. The lowest BCUT2D eigenvalue weighted by molar-refractivity contribution is -0.138. The Morgan fingerprint density at radius 3 is 2.70 bits per heavy atom. The number of aryl methyl sites for hydroxylation is 2. The summed E-state index contributed by atoms with van der Waals surface area (Å²) in [4.78, 5) is 16.2. The highest BCUT2D eigenvalue weighted by Gasteiger charge is 2.33. The summed E-state index contributed by atoms with van der Waals surface area (Å²) in [6.07, 6.45) is -3.30. The molecule has 0 aliphatic carbocycles. The number of aromatic nitrogens is 3. The molecule has 0 saturated carbocycles. The van der Waals surface area contributed by atoms with Crippen LogP contribution >= 0.6 is 0 Å². The first-order chi connectivity index (χ1) is 12.6. The number of carbonyl (C=O) groups excluding carboxylic acids is 1. The molecule has 3 rings (SSSR count). The molecule has 0 atom stereocenters. The van der Waals surface area contributed by atoms with Crippen molar-refractivity contribution in [3.63, 3.8) is 0 Å². The van der Waals surface area contributed by atoms with Crippen LogP contribution in [0.3, 0.4) is 0 Å². The Hall–Kier alpha value is -3.17. The van der Waals surface area contributed by atoms with Gasteiger partial charge in [0, 0.05) is 19.0 Å². The molecule has 0 spiro atoms. The molecule has 142 valence electrons. The Balaban J connectivity index is 1.71. The van der Waals surface area contributed by atoms with Gasteiger partial charge in [-0.2, -0.15) is 18.3 Å². The normalized spacial score (nSPS) is 11.6. The van der Waals surface area contributed by atoms with E-state index in [1.165, 1.54) is 6.20 Å². The summed E-state index contributed by atoms with van der Waals surface area (Å²) in [5, 5.41) is 9.79. The molecule has 27 heavy (non-hydrogen) atoms. The Morgan fingerprint density at radius 2 is 2.00 bits per heavy atom. The van der Waals surface area contributed by atoms with Crippen molar-refractivity contribution < 1.29 is 22.4 Å². The minimum atomic E-state index is -4.72. The number of amides is 2. The number of nitrogens with zero attached hydrogens (tertiary/aromatic N) is 3. The van der Waals surface area contributed by atoms with Gasteiger partial charge in [0.15, 0.2) is 5.65 Å². The molecule has 0 radical (unpaired) electrons. The monoisotopic (exact) mass is 381 g/mol. The maximum absolute atomic E-state index is 13.1. The molecular weight excluding hydrogens is 366 g/mol. The number of urea groups is 1. The first kappa shape index (κ1) is 18.6. The standard InChI is InChI=1S/C17H15F4N5O/c1-9-13-6-12(8-22-15(13)26(2)25-9)24-16(27)23-7-10-3-4-11(18)5-14(10)17(19,20)21/h3-6,8H,7H2,1-2H3,(H2,23,24,27). The number of anilines is 1. The zero-order valence-corrected chi connectivity index (χ0v) is 14.4. The van der Waals surface area contributed by atoms with Crippen molar-refractivity contribution >= 4 is 22.8 Å². The van der Waals surface area contributed by atoms with Gasteiger partial charge in [0.2, 0.25) is 0 Å². The molecule has 0 unspecified atom stereocenters. The van der Waals surface area contributed by atoms with Crippen molar-refractivity contribution in [2.75, 3.05) is 5.32 Å². The Kier molecular flexibility index (Phi) is 4.73. The van der Waals surface area contributed by atoms with Gasteiger partial charge >= 0.3 is 12.2 Å². The number of alkyl halides is 3. The van der Waals surface area contributed by atoms with Crippen LogP contribution in [-0.2, 0) is 19.8 Å². The average Bonchev–Trinajstić information content (AvgIpc) is 2.87. The van der Waals surface area contributed by atoms with E-state index < -0.39 is 30.1 Å². The van der Waals surface area contributed by atoms with E-state index in [2.05, 4.69) is 20.7 Å². The number of benzene rings is 1. The fourth-order valence-electron chi connectivity index (χ4n) is 2.69. The predicted octanol–water partition coefficient (Wildman–Crippen LogP) is 3.76. The summed E-state index contributed by atoms with van der Waals surface area (Å²) in [6.45, 7) is 1.38. The number of carbonyl (C=O) groups is 1. The zero-order valence-electron chi connectivity index (χ0n) is 14.4. The quantitative estimate of drug-likeness (QED) is 0.679. The molecule has 1 aromatic carbocycles. The maximum atomic E-state index is 13.1. The first-order valence-electron chi connectivity index (χ1n) is 7.85. The van der Waals surface area contributed by atoms with Crippen LogP contribution in [0, 0.1) is 12.7 Å². The van der Waals surface area contributed by atoms with E-state index >= 15 is 0 Å². The number of rotatable bonds is 3. The Morgan fingerprint density at radius 1 is 1.26 bits per heavy atom. The van der Waals surface area contributed by atoms with Crippen LogP contribution in [0.2, 0.25) is 0 Å². The van der Waals surface area contributed by atoms with Gasteiger partial charge in [-0.15, -0.1) is 0 Å². The first-order valence-corrected chi connectivity index (χ1v) is 7.85.